The van der Waals surface area contributed by atoms with Crippen LogP contribution < -0.4 is 4.57 Å². The molecule has 0 saturated heterocycles. The van der Waals surface area contributed by atoms with Gasteiger partial charge < -0.3 is 9.47 Å². The second-order valence-corrected chi connectivity index (χ2v) is 5.70. The topological polar surface area (TPSA) is 22.3 Å². The Morgan fingerprint density at radius 3 is 2.29 bits per heavy atom. The molecule has 0 unspecified atom stereocenters. The van der Waals surface area contributed by atoms with Gasteiger partial charge in [-0.25, -0.2) is 4.57 Å². The Bertz CT molecular complexity index is 849. The third-order valence-electron chi connectivity index (χ3n) is 4.16. The van der Waals surface area contributed by atoms with Gasteiger partial charge in [-0.1, -0.05) is 48.6 Å². The van der Waals surface area contributed by atoms with Gasteiger partial charge in [0.25, 0.3) is 0 Å². The Balaban J connectivity index is 1.88. The fourth-order valence-corrected chi connectivity index (χ4v) is 2.85. The molecule has 0 aliphatic rings. The van der Waals surface area contributed by atoms with Crippen LogP contribution in [0.25, 0.3) is 23.1 Å². The fraction of sp³-hybridized carbons (Fsp3) is 0.190. The monoisotopic (exact) mass is 320 g/mol. The highest BCUT2D eigenvalue weighted by molar-refractivity contribution is 5.88. The first-order valence-corrected chi connectivity index (χ1v) is 7.94. The molecule has 0 bridgehead atoms. The molecule has 0 spiro atoms. The smallest absolute Gasteiger partial charge is 0.212 e. The maximum Gasteiger partial charge on any atom is 0.212 e. The van der Waals surface area contributed by atoms with Crippen molar-refractivity contribution in [2.24, 2.45) is 7.05 Å². The summed E-state index contributed by atoms with van der Waals surface area (Å²) in [5, 5.41) is 1.24. The zero-order chi connectivity index (χ0) is 16.9. The maximum atomic E-state index is 5.27. The van der Waals surface area contributed by atoms with E-state index in [0.29, 0.717) is 0 Å². The quantitative estimate of drug-likeness (QED) is 0.521. The first-order valence-electron chi connectivity index (χ1n) is 7.94. The van der Waals surface area contributed by atoms with E-state index in [0.717, 1.165) is 11.1 Å². The van der Waals surface area contributed by atoms with E-state index in [2.05, 4.69) is 72.4 Å². The second kappa shape index (κ2) is 7.39. The lowest BCUT2D eigenvalue weighted by Crippen LogP contribution is -2.28. The number of methoxy groups -OCH3 is 2. The number of hydrogen-bond donors (Lipinski definition) is 0. The van der Waals surface area contributed by atoms with E-state index in [1.807, 2.05) is 12.1 Å². The van der Waals surface area contributed by atoms with E-state index in [1.54, 1.807) is 14.2 Å². The van der Waals surface area contributed by atoms with E-state index in [4.69, 9.17) is 9.47 Å². The van der Waals surface area contributed by atoms with Gasteiger partial charge in [0.2, 0.25) is 5.52 Å². The van der Waals surface area contributed by atoms with Crippen LogP contribution in [0.5, 0.6) is 0 Å². The summed E-state index contributed by atoms with van der Waals surface area (Å²) in [5.41, 5.74) is 4.58. The van der Waals surface area contributed by atoms with Gasteiger partial charge in [0.1, 0.15) is 7.05 Å². The van der Waals surface area contributed by atoms with Crippen LogP contribution in [0, 0.1) is 0 Å². The van der Waals surface area contributed by atoms with Crippen molar-refractivity contribution < 1.29 is 14.0 Å². The average Bonchev–Trinajstić information content (AvgIpc) is 2.63. The van der Waals surface area contributed by atoms with Crippen LogP contribution in [0.2, 0.25) is 0 Å². The van der Waals surface area contributed by atoms with Crippen LogP contribution in [-0.4, -0.2) is 14.2 Å². The predicted molar refractivity (Wildman–Crippen MR) is 97.3 cm³/mol. The van der Waals surface area contributed by atoms with Crippen molar-refractivity contribution in [1.29, 1.82) is 0 Å². The van der Waals surface area contributed by atoms with Gasteiger partial charge in [-0.05, 0) is 17.2 Å². The van der Waals surface area contributed by atoms with Crippen molar-refractivity contribution in [1.82, 2.24) is 0 Å². The molecule has 3 rings (SSSR count). The zero-order valence-corrected chi connectivity index (χ0v) is 14.3. The average molecular weight is 320 g/mol. The van der Waals surface area contributed by atoms with Gasteiger partial charge >= 0.3 is 0 Å². The molecule has 0 aliphatic carbocycles. The lowest BCUT2D eigenvalue weighted by atomic mass is 10.1. The number of aromatic nitrogens is 1. The van der Waals surface area contributed by atoms with Gasteiger partial charge in [0, 0.05) is 31.9 Å². The number of rotatable bonds is 5. The molecule has 24 heavy (non-hydrogen) atoms. The molecular weight excluding hydrogens is 298 g/mol. The van der Waals surface area contributed by atoms with Crippen LogP contribution in [0.15, 0.2) is 60.8 Å². The molecule has 3 aromatic rings. The zero-order valence-electron chi connectivity index (χ0n) is 14.3. The highest BCUT2D eigenvalue weighted by Gasteiger charge is 2.08. The molecular formula is C21H22NO2+. The number of para-hydroxylation sites is 1. The molecule has 0 N–H and O–H groups in total. The van der Waals surface area contributed by atoms with E-state index < -0.39 is 0 Å². The second-order valence-electron chi connectivity index (χ2n) is 5.70. The van der Waals surface area contributed by atoms with Gasteiger partial charge in [-0.2, -0.15) is 0 Å². The largest absolute Gasteiger partial charge is 0.352 e. The minimum atomic E-state index is -0.318. The number of fused-ring (bicyclic) bond motifs is 1. The number of aryl methyl sites for hydroxylation is 1. The van der Waals surface area contributed by atoms with Crippen molar-refractivity contribution in [3.63, 3.8) is 0 Å². The molecule has 1 aromatic heterocycles. The summed E-state index contributed by atoms with van der Waals surface area (Å²) in [5.74, 6) is 0. The highest BCUT2D eigenvalue weighted by Crippen LogP contribution is 2.20. The van der Waals surface area contributed by atoms with Crippen molar-refractivity contribution >= 4 is 23.1 Å². The number of pyridine rings is 1. The summed E-state index contributed by atoms with van der Waals surface area (Å²) in [6.07, 6.45) is 6.05. The molecule has 0 atom stereocenters. The first kappa shape index (κ1) is 16.4. The van der Waals surface area contributed by atoms with Crippen LogP contribution in [-0.2, 0) is 16.5 Å². The molecule has 0 fully saturated rings. The summed E-state index contributed by atoms with van der Waals surface area (Å²) in [4.78, 5) is 0. The molecule has 3 nitrogen and oxygen atoms in total. The third kappa shape index (κ3) is 3.37. The minimum absolute atomic E-state index is 0.318. The van der Waals surface area contributed by atoms with Crippen LogP contribution in [0.4, 0.5) is 0 Å². The summed E-state index contributed by atoms with van der Waals surface area (Å²) in [6.45, 7) is 0. The van der Waals surface area contributed by atoms with Gasteiger partial charge in [0.05, 0.1) is 5.39 Å². The van der Waals surface area contributed by atoms with Crippen LogP contribution in [0.1, 0.15) is 23.0 Å². The fourth-order valence-electron chi connectivity index (χ4n) is 2.85. The SMILES string of the molecule is COC(OC)c1ccc(C=Cc2cc[n+](C)c3ccccc23)cc1. The molecule has 122 valence electrons. The highest BCUT2D eigenvalue weighted by atomic mass is 16.7. The minimum Gasteiger partial charge on any atom is -0.352 e. The molecule has 2 aromatic carbocycles. The van der Waals surface area contributed by atoms with E-state index >= 15 is 0 Å². The Morgan fingerprint density at radius 2 is 1.58 bits per heavy atom. The van der Waals surface area contributed by atoms with Gasteiger partial charge in [0.15, 0.2) is 12.5 Å². The molecule has 0 saturated carbocycles. The summed E-state index contributed by atoms with van der Waals surface area (Å²) in [7, 11) is 5.35. The lowest BCUT2D eigenvalue weighted by Gasteiger charge is -2.13. The lowest BCUT2D eigenvalue weighted by molar-refractivity contribution is -0.644. The number of hydrogen-bond acceptors (Lipinski definition) is 2. The van der Waals surface area contributed by atoms with Crippen molar-refractivity contribution in [2.75, 3.05) is 14.2 Å². The van der Waals surface area contributed by atoms with Crippen molar-refractivity contribution in [3.8, 4) is 0 Å². The number of ether oxygens (including phenoxy) is 2. The maximum absolute atomic E-state index is 5.27. The summed E-state index contributed by atoms with van der Waals surface area (Å²) < 4.78 is 12.7. The van der Waals surface area contributed by atoms with Crippen molar-refractivity contribution in [2.45, 2.75) is 6.29 Å². The van der Waals surface area contributed by atoms with E-state index in [1.165, 1.54) is 16.5 Å². The molecule has 0 amide bonds. The molecule has 0 aliphatic heterocycles. The Morgan fingerprint density at radius 1 is 0.875 bits per heavy atom. The third-order valence-corrected chi connectivity index (χ3v) is 4.16. The number of benzene rings is 2. The van der Waals surface area contributed by atoms with E-state index in [-0.39, 0.29) is 6.29 Å². The Hall–Kier alpha value is -2.49. The normalized spacial score (nSPS) is 11.7. The molecule has 3 heteroatoms. The molecule has 0 radical (unpaired) electrons. The Kier molecular flexibility index (Phi) is 5.04. The molecule has 1 heterocycles. The van der Waals surface area contributed by atoms with Gasteiger partial charge in [-0.15, -0.1) is 0 Å². The summed E-state index contributed by atoms with van der Waals surface area (Å²) >= 11 is 0. The number of nitrogens with zero attached hydrogens (tertiary/aromatic N) is 1. The van der Waals surface area contributed by atoms with E-state index in [9.17, 15) is 0 Å². The van der Waals surface area contributed by atoms with Gasteiger partial charge in [-0.3, -0.25) is 0 Å². The standard InChI is InChI=1S/C21H22NO2/c1-22-15-14-17(19-6-4-5-7-20(19)22)11-8-16-9-12-18(13-10-16)21(23-2)24-3/h4-15,21H,1-3H3/q+1. The predicted octanol–water partition coefficient (Wildman–Crippen LogP) is 4.13. The Labute approximate surface area is 142 Å². The summed E-state index contributed by atoms with van der Waals surface area (Å²) in [6, 6.07) is 18.8. The first-order chi connectivity index (χ1) is 11.7. The van der Waals surface area contributed by atoms with Crippen LogP contribution in [0.3, 0.4) is 0 Å². The van der Waals surface area contributed by atoms with Crippen LogP contribution >= 0.6 is 0 Å². The van der Waals surface area contributed by atoms with Crippen molar-refractivity contribution in [3.05, 3.63) is 77.5 Å².